The molecular formula is C24H25F2N3O2. The third kappa shape index (κ3) is 4.66. The van der Waals surface area contributed by atoms with Crippen molar-refractivity contribution in [3.8, 4) is 0 Å². The lowest BCUT2D eigenvalue weighted by Gasteiger charge is -2.37. The molecule has 31 heavy (non-hydrogen) atoms. The van der Waals surface area contributed by atoms with Gasteiger partial charge in [-0.1, -0.05) is 6.07 Å². The Balaban J connectivity index is 1.49. The largest absolute Gasteiger partial charge is 0.372 e. The standard InChI is InChI=1S/C24H25F2N3O2/c1-14-8-20(19-6-5-18(25)10-22(19)28-14)24(30)27-11-17-4-7-23(21(26)9-17)29-12-15(2)31-16(3)13-29/h4-10,15-16H,11-13H2,1-3H3,(H,27,30)/t15-,16-/m1/s1. The zero-order chi connectivity index (χ0) is 22.1. The van der Waals surface area contributed by atoms with Gasteiger partial charge >= 0.3 is 0 Å². The van der Waals surface area contributed by atoms with E-state index >= 15 is 0 Å². The van der Waals surface area contributed by atoms with Crippen molar-refractivity contribution in [3.63, 3.8) is 0 Å². The molecule has 1 aliphatic rings. The van der Waals surface area contributed by atoms with Gasteiger partial charge in [0.15, 0.2) is 0 Å². The van der Waals surface area contributed by atoms with Crippen molar-refractivity contribution < 1.29 is 18.3 Å². The van der Waals surface area contributed by atoms with Gasteiger partial charge in [0, 0.05) is 36.8 Å². The summed E-state index contributed by atoms with van der Waals surface area (Å²) in [7, 11) is 0. The van der Waals surface area contributed by atoms with Gasteiger partial charge in [0.05, 0.1) is 29.0 Å². The number of aryl methyl sites for hydroxylation is 1. The Morgan fingerprint density at radius 1 is 1.13 bits per heavy atom. The smallest absolute Gasteiger partial charge is 0.252 e. The molecular weight excluding hydrogens is 400 g/mol. The molecule has 5 nitrogen and oxygen atoms in total. The van der Waals surface area contributed by atoms with Gasteiger partial charge in [0.2, 0.25) is 0 Å². The number of amides is 1. The topological polar surface area (TPSA) is 54.5 Å². The number of anilines is 1. The van der Waals surface area contributed by atoms with Crippen LogP contribution in [0.4, 0.5) is 14.5 Å². The third-order valence-corrected chi connectivity index (χ3v) is 5.37. The quantitative estimate of drug-likeness (QED) is 0.675. The second-order valence-electron chi connectivity index (χ2n) is 8.10. The number of ether oxygens (including phenoxy) is 1. The Morgan fingerprint density at radius 2 is 1.87 bits per heavy atom. The first-order valence-electron chi connectivity index (χ1n) is 10.3. The Bertz CT molecular complexity index is 1120. The van der Waals surface area contributed by atoms with E-state index < -0.39 is 5.82 Å². The van der Waals surface area contributed by atoms with E-state index in [1.807, 2.05) is 24.8 Å². The SMILES string of the molecule is Cc1cc(C(=O)NCc2ccc(N3C[C@@H](C)O[C@H](C)C3)c(F)c2)c2ccc(F)cc2n1. The number of benzene rings is 2. The van der Waals surface area contributed by atoms with Crippen LogP contribution in [0.2, 0.25) is 0 Å². The van der Waals surface area contributed by atoms with Crippen molar-refractivity contribution in [2.45, 2.75) is 39.5 Å². The number of rotatable bonds is 4. The van der Waals surface area contributed by atoms with E-state index in [-0.39, 0.29) is 30.5 Å². The lowest BCUT2D eigenvalue weighted by Crippen LogP contribution is -2.45. The van der Waals surface area contributed by atoms with Crippen LogP contribution >= 0.6 is 0 Å². The molecule has 0 unspecified atom stereocenters. The number of aromatic nitrogens is 1. The number of carbonyl (C=O) groups excluding carboxylic acids is 1. The maximum Gasteiger partial charge on any atom is 0.252 e. The lowest BCUT2D eigenvalue weighted by atomic mass is 10.1. The van der Waals surface area contributed by atoms with Gasteiger partial charge in [-0.3, -0.25) is 9.78 Å². The van der Waals surface area contributed by atoms with E-state index in [4.69, 9.17) is 4.74 Å². The fraction of sp³-hybridized carbons (Fsp3) is 0.333. The number of carbonyl (C=O) groups is 1. The van der Waals surface area contributed by atoms with Crippen LogP contribution in [-0.4, -0.2) is 36.2 Å². The van der Waals surface area contributed by atoms with Crippen molar-refractivity contribution in [1.82, 2.24) is 10.3 Å². The number of halogens is 2. The molecule has 4 rings (SSSR count). The molecule has 1 saturated heterocycles. The molecule has 2 aromatic carbocycles. The molecule has 2 heterocycles. The minimum atomic E-state index is -0.406. The van der Waals surface area contributed by atoms with E-state index in [0.29, 0.717) is 46.5 Å². The van der Waals surface area contributed by atoms with Crippen LogP contribution in [0.1, 0.15) is 35.5 Å². The predicted octanol–water partition coefficient (Wildman–Crippen LogP) is 4.37. The number of nitrogens with one attached hydrogen (secondary N) is 1. The highest BCUT2D eigenvalue weighted by Crippen LogP contribution is 2.25. The summed E-state index contributed by atoms with van der Waals surface area (Å²) in [5.74, 6) is -1.05. The summed E-state index contributed by atoms with van der Waals surface area (Å²) in [6.07, 6.45) is 0.0727. The molecule has 7 heteroatoms. The highest BCUT2D eigenvalue weighted by Gasteiger charge is 2.24. The van der Waals surface area contributed by atoms with E-state index in [1.165, 1.54) is 18.2 Å². The van der Waals surface area contributed by atoms with E-state index in [2.05, 4.69) is 10.3 Å². The van der Waals surface area contributed by atoms with Crippen molar-refractivity contribution >= 4 is 22.5 Å². The molecule has 1 fully saturated rings. The van der Waals surface area contributed by atoms with E-state index in [9.17, 15) is 13.6 Å². The highest BCUT2D eigenvalue weighted by atomic mass is 19.1. The molecule has 3 aromatic rings. The van der Waals surface area contributed by atoms with Gasteiger partial charge in [0.1, 0.15) is 11.6 Å². The fourth-order valence-electron chi connectivity index (χ4n) is 4.09. The van der Waals surface area contributed by atoms with Crippen LogP contribution in [0.3, 0.4) is 0 Å². The third-order valence-electron chi connectivity index (χ3n) is 5.37. The van der Waals surface area contributed by atoms with E-state index in [1.54, 1.807) is 25.1 Å². The number of pyridine rings is 1. The number of morpholine rings is 1. The molecule has 1 aliphatic heterocycles. The summed E-state index contributed by atoms with van der Waals surface area (Å²) in [4.78, 5) is 19.1. The van der Waals surface area contributed by atoms with Crippen molar-refractivity contribution in [1.29, 1.82) is 0 Å². The van der Waals surface area contributed by atoms with Gasteiger partial charge in [-0.25, -0.2) is 8.78 Å². The molecule has 1 amide bonds. The van der Waals surface area contributed by atoms with Gasteiger partial charge in [-0.2, -0.15) is 0 Å². The minimum absolute atomic E-state index is 0.0363. The van der Waals surface area contributed by atoms with Crippen molar-refractivity contribution in [2.24, 2.45) is 0 Å². The van der Waals surface area contributed by atoms with E-state index in [0.717, 1.165) is 0 Å². The summed E-state index contributed by atoms with van der Waals surface area (Å²) in [5, 5.41) is 3.40. The molecule has 0 bridgehead atoms. The molecule has 0 radical (unpaired) electrons. The number of nitrogens with zero attached hydrogens (tertiary/aromatic N) is 2. The summed E-state index contributed by atoms with van der Waals surface area (Å²) in [6, 6.07) is 10.8. The average Bonchev–Trinajstić information content (AvgIpc) is 2.70. The molecule has 0 saturated carbocycles. The number of hydrogen-bond acceptors (Lipinski definition) is 4. The molecule has 1 aromatic heterocycles. The van der Waals surface area contributed by atoms with Crippen LogP contribution in [-0.2, 0) is 11.3 Å². The Morgan fingerprint density at radius 3 is 2.58 bits per heavy atom. The first kappa shape index (κ1) is 21.2. The second-order valence-corrected chi connectivity index (χ2v) is 8.10. The van der Waals surface area contributed by atoms with Crippen molar-refractivity contribution in [2.75, 3.05) is 18.0 Å². The summed E-state index contributed by atoms with van der Waals surface area (Å²) >= 11 is 0. The van der Waals surface area contributed by atoms with Crippen LogP contribution in [0.25, 0.3) is 10.9 Å². The summed E-state index contributed by atoms with van der Waals surface area (Å²) in [6.45, 7) is 7.14. The molecule has 2 atom stereocenters. The zero-order valence-corrected chi connectivity index (χ0v) is 17.8. The average molecular weight is 425 g/mol. The number of fused-ring (bicyclic) bond motifs is 1. The molecule has 0 spiro atoms. The number of hydrogen-bond donors (Lipinski definition) is 1. The summed E-state index contributed by atoms with van der Waals surface area (Å²) < 4.78 is 34.0. The summed E-state index contributed by atoms with van der Waals surface area (Å²) in [5.41, 5.74) is 2.65. The van der Waals surface area contributed by atoms with Gasteiger partial charge in [-0.05, 0) is 56.7 Å². The monoisotopic (exact) mass is 425 g/mol. The van der Waals surface area contributed by atoms with Crippen LogP contribution in [0, 0.1) is 18.6 Å². The van der Waals surface area contributed by atoms with Crippen LogP contribution in [0.5, 0.6) is 0 Å². The van der Waals surface area contributed by atoms with Gasteiger partial charge in [0.25, 0.3) is 5.91 Å². The molecule has 162 valence electrons. The Hall–Kier alpha value is -3.06. The first-order chi connectivity index (χ1) is 14.8. The second kappa shape index (κ2) is 8.59. The lowest BCUT2D eigenvalue weighted by molar-refractivity contribution is -0.00539. The predicted molar refractivity (Wildman–Crippen MR) is 116 cm³/mol. The maximum atomic E-state index is 14.8. The molecule has 0 aliphatic carbocycles. The highest BCUT2D eigenvalue weighted by molar-refractivity contribution is 6.06. The van der Waals surface area contributed by atoms with Gasteiger partial charge < -0.3 is 15.0 Å². The normalized spacial score (nSPS) is 18.9. The van der Waals surface area contributed by atoms with Crippen molar-refractivity contribution in [3.05, 3.63) is 70.9 Å². The fourth-order valence-corrected chi connectivity index (χ4v) is 4.09. The Kier molecular flexibility index (Phi) is 5.87. The molecule has 1 N–H and O–H groups in total. The van der Waals surface area contributed by atoms with Gasteiger partial charge in [-0.15, -0.1) is 0 Å². The van der Waals surface area contributed by atoms with Crippen LogP contribution < -0.4 is 10.2 Å². The maximum absolute atomic E-state index is 14.8. The first-order valence-corrected chi connectivity index (χ1v) is 10.3. The Labute approximate surface area is 180 Å². The zero-order valence-electron chi connectivity index (χ0n) is 17.8. The van der Waals surface area contributed by atoms with Crippen LogP contribution in [0.15, 0.2) is 42.5 Å². The minimum Gasteiger partial charge on any atom is -0.372 e.